The third kappa shape index (κ3) is 5.78. The van der Waals surface area contributed by atoms with Crippen molar-refractivity contribution in [2.75, 3.05) is 18.9 Å². The number of aromatic nitrogens is 2. The highest BCUT2D eigenvalue weighted by molar-refractivity contribution is 5.93. The third-order valence-corrected chi connectivity index (χ3v) is 4.34. The number of hydrogen-bond acceptors (Lipinski definition) is 5. The smallest absolute Gasteiger partial charge is 0.272 e. The highest BCUT2D eigenvalue weighted by Crippen LogP contribution is 2.28. The Labute approximate surface area is 171 Å². The molecule has 3 rings (SSSR count). The summed E-state index contributed by atoms with van der Waals surface area (Å²) in [6.45, 7) is 4.58. The SMILES string of the molecule is CC(C)Oc1ccccc1Nc1ccnc(C(=O)N(C)CCc2ccncc2)c1. The maximum absolute atomic E-state index is 12.8. The molecule has 1 N–H and O–H groups in total. The van der Waals surface area contributed by atoms with Crippen LogP contribution >= 0.6 is 0 Å². The van der Waals surface area contributed by atoms with Gasteiger partial charge in [0.25, 0.3) is 5.91 Å². The van der Waals surface area contributed by atoms with Gasteiger partial charge in [0, 0.05) is 37.9 Å². The van der Waals surface area contributed by atoms with Gasteiger partial charge in [0.05, 0.1) is 11.8 Å². The van der Waals surface area contributed by atoms with Crippen LogP contribution in [-0.4, -0.2) is 40.5 Å². The van der Waals surface area contributed by atoms with E-state index < -0.39 is 0 Å². The topological polar surface area (TPSA) is 67.3 Å². The van der Waals surface area contributed by atoms with Crippen LogP contribution in [0.25, 0.3) is 0 Å². The minimum Gasteiger partial charge on any atom is -0.489 e. The van der Waals surface area contributed by atoms with Crippen molar-refractivity contribution >= 4 is 17.3 Å². The van der Waals surface area contributed by atoms with Crippen LogP contribution in [0, 0.1) is 0 Å². The summed E-state index contributed by atoms with van der Waals surface area (Å²) < 4.78 is 5.85. The molecule has 2 heterocycles. The van der Waals surface area contributed by atoms with Crippen molar-refractivity contribution < 1.29 is 9.53 Å². The molecule has 0 saturated carbocycles. The Morgan fingerprint density at radius 3 is 2.62 bits per heavy atom. The van der Waals surface area contributed by atoms with Gasteiger partial charge in [-0.3, -0.25) is 14.8 Å². The van der Waals surface area contributed by atoms with E-state index in [1.165, 1.54) is 0 Å². The van der Waals surface area contributed by atoms with E-state index in [4.69, 9.17) is 4.74 Å². The predicted molar refractivity (Wildman–Crippen MR) is 115 cm³/mol. The fraction of sp³-hybridized carbons (Fsp3) is 0.261. The van der Waals surface area contributed by atoms with Crippen molar-refractivity contribution in [2.24, 2.45) is 0 Å². The van der Waals surface area contributed by atoms with Crippen LogP contribution in [0.4, 0.5) is 11.4 Å². The summed E-state index contributed by atoms with van der Waals surface area (Å²) in [4.78, 5) is 22.7. The van der Waals surface area contributed by atoms with E-state index in [0.29, 0.717) is 12.2 Å². The zero-order valence-corrected chi connectivity index (χ0v) is 17.0. The van der Waals surface area contributed by atoms with Crippen LogP contribution in [0.2, 0.25) is 0 Å². The van der Waals surface area contributed by atoms with E-state index in [1.807, 2.05) is 56.3 Å². The van der Waals surface area contributed by atoms with E-state index in [0.717, 1.165) is 29.1 Å². The number of carbonyl (C=O) groups excluding carboxylic acids is 1. The number of ether oxygens (including phenoxy) is 1. The number of para-hydroxylation sites is 2. The lowest BCUT2D eigenvalue weighted by Crippen LogP contribution is -2.29. The lowest BCUT2D eigenvalue weighted by Gasteiger charge is -2.18. The molecular formula is C23H26N4O2. The van der Waals surface area contributed by atoms with Gasteiger partial charge in [-0.25, -0.2) is 0 Å². The minimum atomic E-state index is -0.116. The average Bonchev–Trinajstić information content (AvgIpc) is 2.73. The number of anilines is 2. The van der Waals surface area contributed by atoms with Gasteiger partial charge in [0.2, 0.25) is 0 Å². The Balaban J connectivity index is 1.68. The first-order chi connectivity index (χ1) is 14.0. The van der Waals surface area contributed by atoms with Crippen molar-refractivity contribution in [1.29, 1.82) is 0 Å². The first-order valence-electron chi connectivity index (χ1n) is 9.66. The molecule has 0 radical (unpaired) electrons. The molecule has 1 amide bonds. The second-order valence-corrected chi connectivity index (χ2v) is 7.05. The van der Waals surface area contributed by atoms with Crippen molar-refractivity contribution in [3.8, 4) is 5.75 Å². The van der Waals surface area contributed by atoms with Crippen LogP contribution in [0.5, 0.6) is 5.75 Å². The van der Waals surface area contributed by atoms with Crippen LogP contribution in [0.3, 0.4) is 0 Å². The van der Waals surface area contributed by atoms with Crippen molar-refractivity contribution in [2.45, 2.75) is 26.4 Å². The van der Waals surface area contributed by atoms with Crippen LogP contribution in [0.15, 0.2) is 67.1 Å². The van der Waals surface area contributed by atoms with E-state index in [9.17, 15) is 4.79 Å². The summed E-state index contributed by atoms with van der Waals surface area (Å²) in [6, 6.07) is 15.2. The summed E-state index contributed by atoms with van der Waals surface area (Å²) in [7, 11) is 1.79. The molecule has 3 aromatic rings. The molecule has 0 saturated heterocycles. The second-order valence-electron chi connectivity index (χ2n) is 7.05. The average molecular weight is 390 g/mol. The second kappa shape index (κ2) is 9.68. The third-order valence-electron chi connectivity index (χ3n) is 4.34. The molecule has 0 bridgehead atoms. The maximum atomic E-state index is 12.8. The molecule has 0 fully saturated rings. The fourth-order valence-electron chi connectivity index (χ4n) is 2.85. The lowest BCUT2D eigenvalue weighted by atomic mass is 10.2. The number of nitrogens with zero attached hydrogens (tertiary/aromatic N) is 3. The monoisotopic (exact) mass is 390 g/mol. The van der Waals surface area contributed by atoms with Gasteiger partial charge < -0.3 is 15.0 Å². The number of pyridine rings is 2. The molecule has 0 unspecified atom stereocenters. The van der Waals surface area contributed by atoms with Gasteiger partial charge in [-0.05, 0) is 62.2 Å². The zero-order valence-electron chi connectivity index (χ0n) is 17.0. The van der Waals surface area contributed by atoms with Gasteiger partial charge >= 0.3 is 0 Å². The summed E-state index contributed by atoms with van der Waals surface area (Å²) in [5.74, 6) is 0.649. The molecule has 1 aromatic carbocycles. The number of hydrogen-bond donors (Lipinski definition) is 1. The van der Waals surface area contributed by atoms with Gasteiger partial charge in [-0.2, -0.15) is 0 Å². The largest absolute Gasteiger partial charge is 0.489 e. The number of likely N-dealkylation sites (N-methyl/N-ethyl adjacent to an activating group) is 1. The van der Waals surface area contributed by atoms with Crippen LogP contribution in [0.1, 0.15) is 29.9 Å². The molecule has 0 aliphatic heterocycles. The molecule has 6 heteroatoms. The molecule has 0 atom stereocenters. The summed E-state index contributed by atoms with van der Waals surface area (Å²) >= 11 is 0. The van der Waals surface area contributed by atoms with E-state index in [2.05, 4.69) is 15.3 Å². The molecule has 2 aromatic heterocycles. The Kier molecular flexibility index (Phi) is 6.79. The van der Waals surface area contributed by atoms with Crippen LogP contribution < -0.4 is 10.1 Å². The lowest BCUT2D eigenvalue weighted by molar-refractivity contribution is 0.0791. The summed E-state index contributed by atoms with van der Waals surface area (Å²) in [6.07, 6.45) is 5.99. The first kappa shape index (κ1) is 20.3. The normalized spacial score (nSPS) is 10.6. The van der Waals surface area contributed by atoms with Gasteiger partial charge in [-0.15, -0.1) is 0 Å². The zero-order chi connectivity index (χ0) is 20.6. The Morgan fingerprint density at radius 1 is 1.10 bits per heavy atom. The number of amides is 1. The standard InChI is InChI=1S/C23H26N4O2/c1-17(2)29-22-7-5-4-6-20(22)26-19-10-14-25-21(16-19)23(28)27(3)15-11-18-8-12-24-13-9-18/h4-10,12-14,16-17H,11,15H2,1-3H3,(H,25,26). The highest BCUT2D eigenvalue weighted by atomic mass is 16.5. The number of rotatable bonds is 8. The molecule has 6 nitrogen and oxygen atoms in total. The summed E-state index contributed by atoms with van der Waals surface area (Å²) in [5, 5.41) is 3.33. The van der Waals surface area contributed by atoms with Crippen molar-refractivity contribution in [1.82, 2.24) is 14.9 Å². The maximum Gasteiger partial charge on any atom is 0.272 e. The number of benzene rings is 1. The van der Waals surface area contributed by atoms with E-state index >= 15 is 0 Å². The molecule has 0 spiro atoms. The summed E-state index contributed by atoms with van der Waals surface area (Å²) in [5.41, 5.74) is 3.17. The fourth-order valence-corrected chi connectivity index (χ4v) is 2.85. The predicted octanol–water partition coefficient (Wildman–Crippen LogP) is 4.32. The molecule has 29 heavy (non-hydrogen) atoms. The molecule has 0 aliphatic rings. The number of carbonyl (C=O) groups is 1. The quantitative estimate of drug-likeness (QED) is 0.620. The van der Waals surface area contributed by atoms with E-state index in [1.54, 1.807) is 36.6 Å². The Hall–Kier alpha value is -3.41. The molecule has 0 aliphatic carbocycles. The Morgan fingerprint density at radius 2 is 1.86 bits per heavy atom. The molecular weight excluding hydrogens is 364 g/mol. The minimum absolute atomic E-state index is 0.0709. The van der Waals surface area contributed by atoms with Crippen molar-refractivity contribution in [3.63, 3.8) is 0 Å². The molecule has 150 valence electrons. The Bertz CT molecular complexity index is 944. The highest BCUT2D eigenvalue weighted by Gasteiger charge is 2.14. The first-order valence-corrected chi connectivity index (χ1v) is 9.66. The number of nitrogens with one attached hydrogen (secondary N) is 1. The van der Waals surface area contributed by atoms with Crippen molar-refractivity contribution in [3.05, 3.63) is 78.4 Å². The van der Waals surface area contributed by atoms with Gasteiger partial charge in [0.15, 0.2) is 0 Å². The van der Waals surface area contributed by atoms with Gasteiger partial charge in [0.1, 0.15) is 11.4 Å². The van der Waals surface area contributed by atoms with Crippen LogP contribution in [-0.2, 0) is 6.42 Å². The van der Waals surface area contributed by atoms with Gasteiger partial charge in [-0.1, -0.05) is 12.1 Å². The van der Waals surface area contributed by atoms with E-state index in [-0.39, 0.29) is 12.0 Å².